The highest BCUT2D eigenvalue weighted by Crippen LogP contribution is 2.23. The number of hydrogen-bond donors (Lipinski definition) is 2. The second-order valence-electron chi connectivity index (χ2n) is 6.92. The molecule has 1 aromatic rings. The van der Waals surface area contributed by atoms with Gasteiger partial charge in [-0.1, -0.05) is 13.0 Å². The van der Waals surface area contributed by atoms with E-state index in [2.05, 4.69) is 10.3 Å². The molecule has 0 saturated heterocycles. The zero-order valence-corrected chi connectivity index (χ0v) is 14.4. The Morgan fingerprint density at radius 2 is 1.95 bits per heavy atom. The smallest absolute Gasteiger partial charge is 0.407 e. The summed E-state index contributed by atoms with van der Waals surface area (Å²) in [6, 6.07) is 3.93. The molecule has 0 aliphatic heterocycles. The van der Waals surface area contributed by atoms with Crippen molar-refractivity contribution >= 4 is 11.9 Å². The van der Waals surface area contributed by atoms with Crippen LogP contribution in [-0.2, 0) is 10.2 Å². The lowest BCUT2D eigenvalue weighted by molar-refractivity contribution is 0.0516. The van der Waals surface area contributed by atoms with Gasteiger partial charge in [0, 0.05) is 38.8 Å². The lowest BCUT2D eigenvalue weighted by Gasteiger charge is -2.29. The summed E-state index contributed by atoms with van der Waals surface area (Å²) in [5.41, 5.74) is 5.99. The van der Waals surface area contributed by atoms with Crippen LogP contribution in [0.1, 0.15) is 33.3 Å². The number of alkyl carbamates (subject to hydrolysis) is 1. The first-order valence-electron chi connectivity index (χ1n) is 7.38. The Kier molecular flexibility index (Phi) is 5.77. The van der Waals surface area contributed by atoms with Crippen molar-refractivity contribution in [1.82, 2.24) is 10.3 Å². The zero-order valence-electron chi connectivity index (χ0n) is 14.4. The van der Waals surface area contributed by atoms with Crippen molar-refractivity contribution < 1.29 is 9.53 Å². The maximum atomic E-state index is 11.8. The van der Waals surface area contributed by atoms with Gasteiger partial charge in [-0.3, -0.25) is 0 Å². The number of aromatic nitrogens is 1. The second kappa shape index (κ2) is 6.96. The molecule has 6 heteroatoms. The van der Waals surface area contributed by atoms with Crippen LogP contribution in [0.3, 0.4) is 0 Å². The van der Waals surface area contributed by atoms with Crippen molar-refractivity contribution in [2.24, 2.45) is 5.73 Å². The van der Waals surface area contributed by atoms with Crippen LogP contribution in [0.2, 0.25) is 0 Å². The van der Waals surface area contributed by atoms with E-state index in [1.807, 2.05) is 58.8 Å². The number of nitrogens with zero attached hydrogens (tertiary/aromatic N) is 2. The van der Waals surface area contributed by atoms with E-state index in [1.54, 1.807) is 6.20 Å². The molecule has 1 aromatic heterocycles. The van der Waals surface area contributed by atoms with Crippen molar-refractivity contribution in [2.75, 3.05) is 32.1 Å². The van der Waals surface area contributed by atoms with E-state index in [4.69, 9.17) is 10.5 Å². The van der Waals surface area contributed by atoms with Gasteiger partial charge in [-0.2, -0.15) is 0 Å². The van der Waals surface area contributed by atoms with Gasteiger partial charge in [0.2, 0.25) is 0 Å². The molecule has 0 spiro atoms. The second-order valence-corrected chi connectivity index (χ2v) is 6.92. The third-order valence-electron chi connectivity index (χ3n) is 3.38. The van der Waals surface area contributed by atoms with Crippen LogP contribution in [0.4, 0.5) is 10.6 Å². The van der Waals surface area contributed by atoms with Gasteiger partial charge in [0.05, 0.1) is 0 Å². The molecule has 22 heavy (non-hydrogen) atoms. The minimum Gasteiger partial charge on any atom is -0.444 e. The van der Waals surface area contributed by atoms with Gasteiger partial charge in [0.15, 0.2) is 0 Å². The highest BCUT2D eigenvalue weighted by atomic mass is 16.6. The molecule has 0 fully saturated rings. The normalized spacial score (nSPS) is 14.1. The topological polar surface area (TPSA) is 80.5 Å². The highest BCUT2D eigenvalue weighted by molar-refractivity contribution is 5.67. The molecule has 0 aliphatic carbocycles. The summed E-state index contributed by atoms with van der Waals surface area (Å²) in [7, 11) is 3.88. The van der Waals surface area contributed by atoms with Gasteiger partial charge in [-0.25, -0.2) is 9.78 Å². The van der Waals surface area contributed by atoms with E-state index in [0.717, 1.165) is 11.4 Å². The maximum Gasteiger partial charge on any atom is 0.407 e. The molecule has 0 aromatic carbocycles. The quantitative estimate of drug-likeness (QED) is 0.868. The van der Waals surface area contributed by atoms with Crippen molar-refractivity contribution in [3.8, 4) is 0 Å². The molecule has 3 N–H and O–H groups in total. The molecule has 1 atom stereocenters. The lowest BCUT2D eigenvalue weighted by Crippen LogP contribution is -2.45. The van der Waals surface area contributed by atoms with Gasteiger partial charge in [-0.15, -0.1) is 0 Å². The molecule has 6 nitrogen and oxygen atoms in total. The van der Waals surface area contributed by atoms with Crippen molar-refractivity contribution in [1.29, 1.82) is 0 Å². The average molecular weight is 308 g/mol. The van der Waals surface area contributed by atoms with Crippen LogP contribution in [0.15, 0.2) is 18.3 Å². The van der Waals surface area contributed by atoms with Gasteiger partial charge >= 0.3 is 6.09 Å². The molecule has 1 heterocycles. The number of nitrogens with two attached hydrogens (primary N) is 1. The number of amides is 1. The Morgan fingerprint density at radius 3 is 2.36 bits per heavy atom. The molecule has 1 amide bonds. The van der Waals surface area contributed by atoms with E-state index in [1.165, 1.54) is 0 Å². The Balaban J connectivity index is 2.77. The summed E-state index contributed by atoms with van der Waals surface area (Å²) in [5.74, 6) is 0.878. The van der Waals surface area contributed by atoms with Crippen LogP contribution >= 0.6 is 0 Å². The molecule has 0 bridgehead atoms. The van der Waals surface area contributed by atoms with E-state index < -0.39 is 17.1 Å². The number of nitrogens with one attached hydrogen (secondary N) is 1. The van der Waals surface area contributed by atoms with Crippen molar-refractivity contribution in [3.05, 3.63) is 23.9 Å². The van der Waals surface area contributed by atoms with E-state index >= 15 is 0 Å². The van der Waals surface area contributed by atoms with E-state index in [0.29, 0.717) is 13.1 Å². The van der Waals surface area contributed by atoms with E-state index in [-0.39, 0.29) is 0 Å². The number of ether oxygens (including phenoxy) is 1. The fourth-order valence-electron chi connectivity index (χ4n) is 1.88. The van der Waals surface area contributed by atoms with Crippen LogP contribution in [0.25, 0.3) is 0 Å². The minimum atomic E-state index is -0.516. The first-order chi connectivity index (χ1) is 10.1. The predicted molar refractivity (Wildman–Crippen MR) is 89.2 cm³/mol. The Labute approximate surface area is 133 Å². The first-order valence-corrected chi connectivity index (χ1v) is 7.38. The molecule has 0 radical (unpaired) electrons. The monoisotopic (exact) mass is 308 g/mol. The molecule has 124 valence electrons. The number of pyridine rings is 1. The van der Waals surface area contributed by atoms with Crippen LogP contribution in [-0.4, -0.2) is 43.9 Å². The van der Waals surface area contributed by atoms with Gasteiger partial charge in [-0.05, 0) is 32.4 Å². The Hall–Kier alpha value is -1.82. The standard InChI is InChI=1S/C16H28N4O2/c1-15(2,3)22-14(21)19-11-16(4,10-17)12-7-8-13(18-9-12)20(5)6/h7-9H,10-11,17H2,1-6H3,(H,19,21). The third-order valence-corrected chi connectivity index (χ3v) is 3.38. The van der Waals surface area contributed by atoms with Crippen molar-refractivity contribution in [3.63, 3.8) is 0 Å². The Morgan fingerprint density at radius 1 is 1.32 bits per heavy atom. The summed E-state index contributed by atoms with van der Waals surface area (Å²) in [6.45, 7) is 8.28. The fraction of sp³-hybridized carbons (Fsp3) is 0.625. The van der Waals surface area contributed by atoms with Gasteiger partial charge in [0.25, 0.3) is 0 Å². The predicted octanol–water partition coefficient (Wildman–Crippen LogP) is 1.89. The summed E-state index contributed by atoms with van der Waals surface area (Å²) >= 11 is 0. The van der Waals surface area contributed by atoms with Crippen LogP contribution in [0, 0.1) is 0 Å². The summed E-state index contributed by atoms with van der Waals surface area (Å²) in [4.78, 5) is 18.1. The van der Waals surface area contributed by atoms with Crippen LogP contribution in [0.5, 0.6) is 0 Å². The number of hydrogen-bond acceptors (Lipinski definition) is 5. The number of rotatable bonds is 5. The highest BCUT2D eigenvalue weighted by Gasteiger charge is 2.27. The summed E-state index contributed by atoms with van der Waals surface area (Å²) in [6.07, 6.45) is 1.36. The first kappa shape index (κ1) is 18.2. The third kappa shape index (κ3) is 5.18. The maximum absolute atomic E-state index is 11.8. The summed E-state index contributed by atoms with van der Waals surface area (Å²) < 4.78 is 5.25. The average Bonchev–Trinajstić information content (AvgIpc) is 2.43. The van der Waals surface area contributed by atoms with Crippen LogP contribution < -0.4 is 16.0 Å². The summed E-state index contributed by atoms with van der Waals surface area (Å²) in [5, 5.41) is 2.79. The lowest BCUT2D eigenvalue weighted by atomic mass is 9.83. The zero-order chi connectivity index (χ0) is 17.0. The molecular weight excluding hydrogens is 280 g/mol. The van der Waals surface area contributed by atoms with E-state index in [9.17, 15) is 4.79 Å². The molecule has 1 unspecified atom stereocenters. The largest absolute Gasteiger partial charge is 0.444 e. The van der Waals surface area contributed by atoms with Gasteiger partial charge < -0.3 is 20.7 Å². The number of carbonyl (C=O) groups is 1. The molecule has 1 rings (SSSR count). The van der Waals surface area contributed by atoms with Crippen molar-refractivity contribution in [2.45, 2.75) is 38.7 Å². The molecule has 0 saturated carbocycles. The fourth-order valence-corrected chi connectivity index (χ4v) is 1.88. The van der Waals surface area contributed by atoms with Gasteiger partial charge in [0.1, 0.15) is 11.4 Å². The molecule has 0 aliphatic rings. The SMILES string of the molecule is CN(C)c1ccc(C(C)(CN)CNC(=O)OC(C)(C)C)cn1. The number of anilines is 1. The molecular formula is C16H28N4O2. The minimum absolute atomic E-state index is 0.390. The Bertz CT molecular complexity index is 494. The number of carbonyl (C=O) groups excluding carboxylic acids is 1.